The largest absolute Gasteiger partial charge is 0.497 e. The smallest absolute Gasteiger partial charge is 0.328 e. The number of carboxylic acid groups (broad SMARTS) is 1. The molecule has 2 N–H and O–H groups in total. The topological polar surface area (TPSA) is 88.9 Å². The van der Waals surface area contributed by atoms with Crippen LogP contribution in [0.2, 0.25) is 0 Å². The van der Waals surface area contributed by atoms with Crippen molar-refractivity contribution in [3.05, 3.63) is 89.6 Å². The summed E-state index contributed by atoms with van der Waals surface area (Å²) in [5.41, 5.74) is 1.78. The molecule has 0 aliphatic heterocycles. The van der Waals surface area contributed by atoms with Gasteiger partial charge in [-0.1, -0.05) is 79.9 Å². The van der Waals surface area contributed by atoms with Crippen molar-refractivity contribution >= 4 is 23.8 Å². The van der Waals surface area contributed by atoms with Gasteiger partial charge in [-0.15, -0.1) is 0 Å². The number of pyridine rings is 1. The Hall–Kier alpha value is -3.29. The van der Waals surface area contributed by atoms with Gasteiger partial charge in [-0.2, -0.15) is 0 Å². The molecule has 0 spiro atoms. The predicted octanol–water partition coefficient (Wildman–Crippen LogP) is 6.93. The van der Waals surface area contributed by atoms with Gasteiger partial charge < -0.3 is 19.7 Å². The van der Waals surface area contributed by atoms with Crippen LogP contribution in [0.3, 0.4) is 0 Å². The number of ether oxygens (including phenoxy) is 2. The van der Waals surface area contributed by atoms with Crippen LogP contribution in [0.5, 0.6) is 11.5 Å². The van der Waals surface area contributed by atoms with E-state index in [1.165, 1.54) is 42.7 Å². The average Bonchev–Trinajstić information content (AvgIpc) is 2.92. The minimum Gasteiger partial charge on any atom is -0.497 e. The third-order valence-electron chi connectivity index (χ3n) is 5.84. The van der Waals surface area contributed by atoms with E-state index in [0.717, 1.165) is 43.1 Å². The summed E-state index contributed by atoms with van der Waals surface area (Å²) < 4.78 is 11.1. The predicted molar refractivity (Wildman–Crippen MR) is 148 cm³/mol. The van der Waals surface area contributed by atoms with Gasteiger partial charge in [-0.3, -0.25) is 0 Å². The van der Waals surface area contributed by atoms with Crippen molar-refractivity contribution in [1.82, 2.24) is 4.98 Å². The molecule has 1 unspecified atom stereocenters. The van der Waals surface area contributed by atoms with Crippen molar-refractivity contribution in [2.24, 2.45) is 0 Å². The maximum atomic E-state index is 11.0. The molecule has 3 rings (SSSR count). The number of hydrogen-bond donors (Lipinski definition) is 2. The monoisotopic (exact) mass is 521 g/mol. The summed E-state index contributed by atoms with van der Waals surface area (Å²) in [6.45, 7) is 0.542. The molecule has 0 fully saturated rings. The standard InChI is InChI=1S/C30H35NO5S/c1-35-25-16-14-23(15-17-25)11-7-4-2-3-5-10-22-36-27-19-20-28(31-26(27)18-21-29(32)33)37-30(34)24-12-8-6-9-13-24/h6,8-9,12-21,30,34H,2-5,7,10-11,22H2,1H3,(H,32,33). The number of hydrogen-bond acceptors (Lipinski definition) is 6. The molecule has 7 heteroatoms. The van der Waals surface area contributed by atoms with Gasteiger partial charge in [0.25, 0.3) is 0 Å². The molecule has 0 amide bonds. The van der Waals surface area contributed by atoms with Crippen LogP contribution in [0.4, 0.5) is 0 Å². The molecule has 196 valence electrons. The second-order valence-electron chi connectivity index (χ2n) is 8.65. The van der Waals surface area contributed by atoms with Crippen LogP contribution < -0.4 is 9.47 Å². The van der Waals surface area contributed by atoms with Crippen LogP contribution in [0, 0.1) is 0 Å². The van der Waals surface area contributed by atoms with E-state index >= 15 is 0 Å². The highest BCUT2D eigenvalue weighted by Gasteiger charge is 2.12. The Labute approximate surface area is 223 Å². The molecule has 2 aromatic carbocycles. The number of aromatic nitrogens is 1. The molecule has 1 heterocycles. The summed E-state index contributed by atoms with van der Waals surface area (Å²) in [7, 11) is 1.68. The molecule has 0 radical (unpaired) electrons. The van der Waals surface area contributed by atoms with E-state index in [0.29, 0.717) is 23.1 Å². The lowest BCUT2D eigenvalue weighted by atomic mass is 10.0. The van der Waals surface area contributed by atoms with Crippen LogP contribution in [-0.4, -0.2) is 34.9 Å². The number of aliphatic hydroxyl groups is 1. The minimum atomic E-state index is -1.05. The third-order valence-corrected chi connectivity index (χ3v) is 6.80. The fourth-order valence-corrected chi connectivity index (χ4v) is 4.63. The summed E-state index contributed by atoms with van der Waals surface area (Å²) in [4.78, 5) is 15.6. The quantitative estimate of drug-likeness (QED) is 0.0914. The van der Waals surface area contributed by atoms with Crippen molar-refractivity contribution in [2.45, 2.75) is 55.4 Å². The fourth-order valence-electron chi connectivity index (χ4n) is 3.81. The number of nitrogens with zero attached hydrogens (tertiary/aromatic N) is 1. The van der Waals surface area contributed by atoms with E-state index in [1.54, 1.807) is 19.2 Å². The van der Waals surface area contributed by atoms with Crippen molar-refractivity contribution in [1.29, 1.82) is 0 Å². The van der Waals surface area contributed by atoms with Crippen molar-refractivity contribution in [3.8, 4) is 11.5 Å². The molecular formula is C30H35NO5S. The van der Waals surface area contributed by atoms with E-state index in [9.17, 15) is 9.90 Å². The lowest BCUT2D eigenvalue weighted by Gasteiger charge is -2.13. The van der Waals surface area contributed by atoms with E-state index in [2.05, 4.69) is 17.1 Å². The number of thioether (sulfide) groups is 1. The highest BCUT2D eigenvalue weighted by molar-refractivity contribution is 7.99. The number of rotatable bonds is 16. The number of unbranched alkanes of at least 4 members (excludes halogenated alkanes) is 5. The van der Waals surface area contributed by atoms with Gasteiger partial charge in [0.1, 0.15) is 22.6 Å². The summed E-state index contributed by atoms with van der Waals surface area (Å²) in [5, 5.41) is 20.1. The van der Waals surface area contributed by atoms with Gasteiger partial charge in [0, 0.05) is 6.08 Å². The van der Waals surface area contributed by atoms with Gasteiger partial charge >= 0.3 is 5.97 Å². The zero-order valence-corrected chi connectivity index (χ0v) is 22.0. The highest BCUT2D eigenvalue weighted by atomic mass is 32.2. The molecule has 1 aromatic heterocycles. The van der Waals surface area contributed by atoms with Gasteiger partial charge in [0.2, 0.25) is 0 Å². The Bertz CT molecular complexity index is 1120. The molecule has 6 nitrogen and oxygen atoms in total. The number of methoxy groups -OCH3 is 1. The van der Waals surface area contributed by atoms with Gasteiger partial charge in [0.15, 0.2) is 0 Å². The van der Waals surface area contributed by atoms with Crippen LogP contribution in [0.1, 0.15) is 60.8 Å². The van der Waals surface area contributed by atoms with E-state index in [-0.39, 0.29) is 0 Å². The van der Waals surface area contributed by atoms with Crippen LogP contribution in [-0.2, 0) is 11.2 Å². The van der Waals surface area contributed by atoms with Crippen molar-refractivity contribution < 1.29 is 24.5 Å². The molecule has 3 aromatic rings. The zero-order chi connectivity index (χ0) is 26.3. The number of aryl methyl sites for hydroxylation is 1. The lowest BCUT2D eigenvalue weighted by Crippen LogP contribution is -2.01. The second-order valence-corrected chi connectivity index (χ2v) is 9.75. The highest BCUT2D eigenvalue weighted by Crippen LogP contribution is 2.33. The van der Waals surface area contributed by atoms with E-state index < -0.39 is 11.4 Å². The average molecular weight is 522 g/mol. The first kappa shape index (κ1) is 28.3. The summed E-state index contributed by atoms with van der Waals surface area (Å²) in [6.07, 6.45) is 10.3. The first-order valence-corrected chi connectivity index (χ1v) is 13.5. The maximum absolute atomic E-state index is 11.0. The Balaban J connectivity index is 1.40. The second kappa shape index (κ2) is 15.7. The lowest BCUT2D eigenvalue weighted by molar-refractivity contribution is -0.131. The third kappa shape index (κ3) is 10.3. The van der Waals surface area contributed by atoms with Crippen molar-refractivity contribution in [2.75, 3.05) is 13.7 Å². The first-order valence-electron chi connectivity index (χ1n) is 12.6. The number of aliphatic carboxylic acids is 1. The SMILES string of the molecule is COc1ccc(CCCCCCCCOc2ccc(SC(O)c3ccccc3)nc2C=CC(=O)O)cc1. The first-order chi connectivity index (χ1) is 18.0. The maximum Gasteiger partial charge on any atom is 0.328 e. The molecule has 1 atom stereocenters. The van der Waals surface area contributed by atoms with Crippen LogP contribution >= 0.6 is 11.8 Å². The minimum absolute atomic E-state index is 0.436. The molecular weight excluding hydrogens is 486 g/mol. The number of benzene rings is 2. The summed E-state index contributed by atoms with van der Waals surface area (Å²) in [6, 6.07) is 21.2. The molecule has 0 bridgehead atoms. The Kier molecular flexibility index (Phi) is 12.0. The van der Waals surface area contributed by atoms with Gasteiger partial charge in [0.05, 0.1) is 18.7 Å². The Morgan fingerprint density at radius 3 is 2.35 bits per heavy atom. The van der Waals surface area contributed by atoms with E-state index in [1.807, 2.05) is 42.5 Å². The Morgan fingerprint density at radius 1 is 0.946 bits per heavy atom. The van der Waals surface area contributed by atoms with E-state index in [4.69, 9.17) is 14.6 Å². The Morgan fingerprint density at radius 2 is 1.65 bits per heavy atom. The fraction of sp³-hybridized carbons (Fsp3) is 0.333. The summed E-state index contributed by atoms with van der Waals surface area (Å²) in [5.74, 6) is 0.376. The normalized spacial score (nSPS) is 11.9. The van der Waals surface area contributed by atoms with Crippen LogP contribution in [0.15, 0.2) is 77.8 Å². The zero-order valence-electron chi connectivity index (χ0n) is 21.2. The van der Waals surface area contributed by atoms with Crippen molar-refractivity contribution in [3.63, 3.8) is 0 Å². The molecule has 37 heavy (non-hydrogen) atoms. The number of aliphatic hydroxyl groups excluding tert-OH is 1. The van der Waals surface area contributed by atoms with Crippen LogP contribution in [0.25, 0.3) is 6.08 Å². The van der Waals surface area contributed by atoms with Gasteiger partial charge in [-0.05, 0) is 60.7 Å². The molecule has 0 aliphatic carbocycles. The van der Waals surface area contributed by atoms with Gasteiger partial charge in [-0.25, -0.2) is 9.78 Å². The number of carboxylic acids is 1. The summed E-state index contributed by atoms with van der Waals surface area (Å²) >= 11 is 1.20. The molecule has 0 aliphatic rings. The molecule has 0 saturated carbocycles. The number of carbonyl (C=O) groups is 1. The molecule has 0 saturated heterocycles.